The van der Waals surface area contributed by atoms with Gasteiger partial charge >= 0.3 is 5.97 Å². The molecule has 1 aliphatic rings. The van der Waals surface area contributed by atoms with Crippen molar-refractivity contribution in [1.29, 1.82) is 0 Å². The van der Waals surface area contributed by atoms with Gasteiger partial charge < -0.3 is 15.4 Å². The number of nitrogens with zero attached hydrogens (tertiary/aromatic N) is 1. The van der Waals surface area contributed by atoms with Gasteiger partial charge in [-0.05, 0) is 24.7 Å². The molecule has 0 unspecified atom stereocenters. The van der Waals surface area contributed by atoms with Crippen LogP contribution in [-0.2, 0) is 9.53 Å². The second-order valence-electron chi connectivity index (χ2n) is 4.63. The number of methoxy groups -OCH3 is 1. The third-order valence-electron chi connectivity index (χ3n) is 3.35. The third kappa shape index (κ3) is 2.42. The van der Waals surface area contributed by atoms with Gasteiger partial charge in [0.15, 0.2) is 0 Å². The van der Waals surface area contributed by atoms with Crippen LogP contribution in [0.15, 0.2) is 24.3 Å². The Labute approximate surface area is 101 Å². The van der Waals surface area contributed by atoms with E-state index >= 15 is 0 Å². The van der Waals surface area contributed by atoms with Gasteiger partial charge in [-0.3, -0.25) is 4.79 Å². The van der Waals surface area contributed by atoms with E-state index in [0.29, 0.717) is 0 Å². The molecular weight excluding hydrogens is 216 g/mol. The van der Waals surface area contributed by atoms with Gasteiger partial charge in [-0.2, -0.15) is 0 Å². The van der Waals surface area contributed by atoms with Crippen LogP contribution in [0.5, 0.6) is 0 Å². The van der Waals surface area contributed by atoms with Crippen molar-refractivity contribution in [3.63, 3.8) is 0 Å². The molecule has 1 aliphatic heterocycles. The van der Waals surface area contributed by atoms with Gasteiger partial charge in [0.05, 0.1) is 13.0 Å². The molecule has 0 saturated carbocycles. The lowest BCUT2D eigenvalue weighted by Crippen LogP contribution is -2.23. The van der Waals surface area contributed by atoms with E-state index in [1.165, 1.54) is 7.11 Å². The predicted molar refractivity (Wildman–Crippen MR) is 66.6 cm³/mol. The van der Waals surface area contributed by atoms with E-state index in [9.17, 15) is 4.79 Å². The molecule has 1 fully saturated rings. The fourth-order valence-corrected chi connectivity index (χ4v) is 2.52. The molecule has 1 saturated heterocycles. The highest BCUT2D eigenvalue weighted by Gasteiger charge is 2.37. The maximum Gasteiger partial charge on any atom is 0.310 e. The molecule has 0 spiro atoms. The molecule has 92 valence electrons. The molecular formula is C13H18N2O2. The van der Waals surface area contributed by atoms with Crippen LogP contribution in [0.25, 0.3) is 0 Å². The maximum absolute atomic E-state index is 11.7. The predicted octanol–water partition coefficient (Wildman–Crippen LogP) is 1.09. The van der Waals surface area contributed by atoms with Crippen molar-refractivity contribution in [3.05, 3.63) is 29.8 Å². The van der Waals surface area contributed by atoms with Gasteiger partial charge in [-0.1, -0.05) is 12.1 Å². The molecule has 0 aromatic heterocycles. The standard InChI is InChI=1S/C13H18N2O2/c1-15-7-11(12(8-15)13(16)17-2)9-4-3-5-10(14)6-9/h3-6,11-12H,7-8,14H2,1-2H3/t11-,12+/m1/s1. The number of carbonyl (C=O) groups is 1. The van der Waals surface area contributed by atoms with Crippen molar-refractivity contribution >= 4 is 11.7 Å². The number of ether oxygens (including phenoxy) is 1. The first kappa shape index (κ1) is 11.9. The third-order valence-corrected chi connectivity index (χ3v) is 3.35. The number of esters is 1. The molecule has 0 radical (unpaired) electrons. The number of carbonyl (C=O) groups excluding carboxylic acids is 1. The second kappa shape index (κ2) is 4.75. The Morgan fingerprint density at radius 3 is 2.88 bits per heavy atom. The number of nitrogens with two attached hydrogens (primary N) is 1. The monoisotopic (exact) mass is 234 g/mol. The zero-order valence-corrected chi connectivity index (χ0v) is 10.2. The van der Waals surface area contributed by atoms with Crippen LogP contribution in [0.3, 0.4) is 0 Å². The van der Waals surface area contributed by atoms with Gasteiger partial charge in [0.2, 0.25) is 0 Å². The highest BCUT2D eigenvalue weighted by atomic mass is 16.5. The maximum atomic E-state index is 11.7. The highest BCUT2D eigenvalue weighted by molar-refractivity contribution is 5.74. The average molecular weight is 234 g/mol. The number of hydrogen-bond acceptors (Lipinski definition) is 4. The van der Waals surface area contributed by atoms with Crippen molar-refractivity contribution in [1.82, 2.24) is 4.90 Å². The molecule has 0 aliphatic carbocycles. The van der Waals surface area contributed by atoms with E-state index in [4.69, 9.17) is 10.5 Å². The Morgan fingerprint density at radius 2 is 2.24 bits per heavy atom. The molecule has 0 amide bonds. The van der Waals surface area contributed by atoms with Gasteiger partial charge in [-0.15, -0.1) is 0 Å². The first-order valence-electron chi connectivity index (χ1n) is 5.73. The summed E-state index contributed by atoms with van der Waals surface area (Å²) in [5, 5.41) is 0. The summed E-state index contributed by atoms with van der Waals surface area (Å²) in [5.74, 6) is -0.0514. The Morgan fingerprint density at radius 1 is 1.47 bits per heavy atom. The summed E-state index contributed by atoms with van der Waals surface area (Å²) in [5.41, 5.74) is 7.64. The molecule has 1 heterocycles. The number of likely N-dealkylation sites (tertiary alicyclic amines) is 1. The van der Waals surface area contributed by atoms with E-state index in [1.54, 1.807) is 0 Å². The van der Waals surface area contributed by atoms with Crippen LogP contribution < -0.4 is 5.73 Å². The molecule has 0 bridgehead atoms. The summed E-state index contributed by atoms with van der Waals surface area (Å²) < 4.78 is 4.87. The summed E-state index contributed by atoms with van der Waals surface area (Å²) in [6.07, 6.45) is 0. The zero-order chi connectivity index (χ0) is 12.4. The van der Waals surface area contributed by atoms with Crippen molar-refractivity contribution in [3.8, 4) is 0 Å². The lowest BCUT2D eigenvalue weighted by Gasteiger charge is -2.16. The number of likely N-dealkylation sites (N-methyl/N-ethyl adjacent to an activating group) is 1. The molecule has 2 rings (SSSR count). The summed E-state index contributed by atoms with van der Waals surface area (Å²) >= 11 is 0. The minimum absolute atomic E-state index is 0.0909. The summed E-state index contributed by atoms with van der Waals surface area (Å²) in [4.78, 5) is 13.9. The Bertz CT molecular complexity index is 420. The van der Waals surface area contributed by atoms with Gasteiger partial charge in [0.1, 0.15) is 0 Å². The van der Waals surface area contributed by atoms with Crippen LogP contribution >= 0.6 is 0 Å². The van der Waals surface area contributed by atoms with Gasteiger partial charge in [0.25, 0.3) is 0 Å². The van der Waals surface area contributed by atoms with E-state index in [2.05, 4.69) is 4.90 Å². The fourth-order valence-electron chi connectivity index (χ4n) is 2.52. The SMILES string of the molecule is COC(=O)[C@H]1CN(C)C[C@@H]1c1cccc(N)c1. The molecule has 17 heavy (non-hydrogen) atoms. The number of benzene rings is 1. The van der Waals surface area contributed by atoms with E-state index in [-0.39, 0.29) is 17.8 Å². The Hall–Kier alpha value is -1.55. The molecule has 2 atom stereocenters. The number of nitrogen functional groups attached to an aromatic ring is 1. The van der Waals surface area contributed by atoms with Crippen LogP contribution in [0, 0.1) is 5.92 Å². The summed E-state index contributed by atoms with van der Waals surface area (Å²) in [6.45, 7) is 1.61. The average Bonchev–Trinajstić information content (AvgIpc) is 2.70. The smallest absolute Gasteiger partial charge is 0.310 e. The van der Waals surface area contributed by atoms with Crippen LogP contribution in [0.4, 0.5) is 5.69 Å². The number of rotatable bonds is 2. The minimum atomic E-state index is -0.137. The minimum Gasteiger partial charge on any atom is -0.469 e. The molecule has 4 heteroatoms. The molecule has 1 aromatic rings. The normalized spacial score (nSPS) is 24.8. The van der Waals surface area contributed by atoms with E-state index in [1.807, 2.05) is 31.3 Å². The zero-order valence-electron chi connectivity index (χ0n) is 10.2. The number of hydrogen-bond donors (Lipinski definition) is 1. The van der Waals surface area contributed by atoms with Crippen LogP contribution in [0.2, 0.25) is 0 Å². The molecule has 1 aromatic carbocycles. The van der Waals surface area contributed by atoms with Crippen LogP contribution in [0.1, 0.15) is 11.5 Å². The first-order chi connectivity index (χ1) is 8.11. The first-order valence-corrected chi connectivity index (χ1v) is 5.73. The Kier molecular flexibility index (Phi) is 3.33. The number of anilines is 1. The summed E-state index contributed by atoms with van der Waals surface area (Å²) in [7, 11) is 3.46. The van der Waals surface area contributed by atoms with Crippen molar-refractivity contribution in [2.75, 3.05) is 33.0 Å². The van der Waals surface area contributed by atoms with Crippen molar-refractivity contribution in [2.24, 2.45) is 5.92 Å². The van der Waals surface area contributed by atoms with Crippen molar-refractivity contribution < 1.29 is 9.53 Å². The molecule has 4 nitrogen and oxygen atoms in total. The fraction of sp³-hybridized carbons (Fsp3) is 0.462. The molecule has 2 N–H and O–H groups in total. The van der Waals surface area contributed by atoms with Gasteiger partial charge in [0, 0.05) is 24.7 Å². The van der Waals surface area contributed by atoms with Crippen molar-refractivity contribution in [2.45, 2.75) is 5.92 Å². The Balaban J connectivity index is 2.26. The second-order valence-corrected chi connectivity index (χ2v) is 4.63. The summed E-state index contributed by atoms with van der Waals surface area (Å²) in [6, 6.07) is 7.75. The topological polar surface area (TPSA) is 55.6 Å². The lowest BCUT2D eigenvalue weighted by molar-refractivity contribution is -0.145. The van der Waals surface area contributed by atoms with E-state index < -0.39 is 0 Å². The quantitative estimate of drug-likeness (QED) is 0.614. The lowest BCUT2D eigenvalue weighted by atomic mass is 9.89. The largest absolute Gasteiger partial charge is 0.469 e. The van der Waals surface area contributed by atoms with E-state index in [0.717, 1.165) is 24.3 Å². The highest BCUT2D eigenvalue weighted by Crippen LogP contribution is 2.33. The van der Waals surface area contributed by atoms with Gasteiger partial charge in [-0.25, -0.2) is 0 Å². The van der Waals surface area contributed by atoms with Crippen LogP contribution in [-0.4, -0.2) is 38.1 Å².